The third-order valence-electron chi connectivity index (χ3n) is 2.49. The van der Waals surface area contributed by atoms with Crippen LogP contribution in [0.25, 0.3) is 0 Å². The maximum atomic E-state index is 8.86. The summed E-state index contributed by atoms with van der Waals surface area (Å²) in [7, 11) is 0. The van der Waals surface area contributed by atoms with Crippen LogP contribution in [-0.4, -0.2) is 18.7 Å². The molecule has 1 N–H and O–H groups in total. The maximum absolute atomic E-state index is 8.86. The van der Waals surface area contributed by atoms with Crippen molar-refractivity contribution in [2.24, 2.45) is 0 Å². The van der Waals surface area contributed by atoms with Crippen molar-refractivity contribution in [1.82, 2.24) is 5.32 Å². The van der Waals surface area contributed by atoms with Gasteiger partial charge in [-0.2, -0.15) is 5.26 Å². The first-order chi connectivity index (χ1) is 8.07. The van der Waals surface area contributed by atoms with Gasteiger partial charge in [-0.1, -0.05) is 12.1 Å². The molecule has 0 aromatic heterocycles. The van der Waals surface area contributed by atoms with Crippen LogP contribution in [0.1, 0.15) is 26.3 Å². The van der Waals surface area contributed by atoms with Crippen LogP contribution in [0.2, 0.25) is 0 Å². The molecular formula is C14H20N2O. The molecule has 0 bridgehead atoms. The first-order valence-corrected chi connectivity index (χ1v) is 5.95. The molecule has 0 aliphatic heterocycles. The standard InChI is InChI=1S/C14H20N2O/c1-4-17-13-7-5-12(6-8-13)9-10-16-14(2,3)11-15/h5-8,16H,4,9-10H2,1-3H3. The number of hydrogen-bond donors (Lipinski definition) is 1. The zero-order chi connectivity index (χ0) is 12.7. The van der Waals surface area contributed by atoms with Crippen LogP contribution >= 0.6 is 0 Å². The average molecular weight is 232 g/mol. The molecule has 3 heteroatoms. The summed E-state index contributed by atoms with van der Waals surface area (Å²) in [6.07, 6.45) is 0.914. The highest BCUT2D eigenvalue weighted by molar-refractivity contribution is 5.27. The Bertz CT molecular complexity index is 376. The summed E-state index contributed by atoms with van der Waals surface area (Å²) in [5, 5.41) is 12.1. The van der Waals surface area contributed by atoms with Crippen molar-refractivity contribution < 1.29 is 4.74 Å². The summed E-state index contributed by atoms with van der Waals surface area (Å²) < 4.78 is 5.38. The quantitative estimate of drug-likeness (QED) is 0.819. The average Bonchev–Trinajstić information content (AvgIpc) is 2.32. The lowest BCUT2D eigenvalue weighted by atomic mass is 10.1. The molecule has 0 heterocycles. The summed E-state index contributed by atoms with van der Waals surface area (Å²) in [5.74, 6) is 0.904. The molecule has 1 rings (SSSR count). The number of benzene rings is 1. The molecule has 0 fully saturated rings. The minimum absolute atomic E-state index is 0.453. The third-order valence-corrected chi connectivity index (χ3v) is 2.49. The lowest BCUT2D eigenvalue weighted by molar-refractivity contribution is 0.340. The van der Waals surface area contributed by atoms with E-state index in [4.69, 9.17) is 10.00 Å². The van der Waals surface area contributed by atoms with Gasteiger partial charge in [-0.3, -0.25) is 5.32 Å². The highest BCUT2D eigenvalue weighted by Gasteiger charge is 2.14. The van der Waals surface area contributed by atoms with Crippen molar-refractivity contribution in [1.29, 1.82) is 5.26 Å². The highest BCUT2D eigenvalue weighted by Crippen LogP contribution is 2.12. The molecule has 17 heavy (non-hydrogen) atoms. The Balaban J connectivity index is 2.40. The van der Waals surface area contributed by atoms with E-state index >= 15 is 0 Å². The van der Waals surface area contributed by atoms with Crippen molar-refractivity contribution >= 4 is 0 Å². The smallest absolute Gasteiger partial charge is 0.119 e. The molecular weight excluding hydrogens is 212 g/mol. The van der Waals surface area contributed by atoms with Gasteiger partial charge in [0, 0.05) is 6.54 Å². The number of ether oxygens (including phenoxy) is 1. The molecule has 1 aromatic carbocycles. The van der Waals surface area contributed by atoms with Crippen LogP contribution in [0.15, 0.2) is 24.3 Å². The highest BCUT2D eigenvalue weighted by atomic mass is 16.5. The number of rotatable bonds is 6. The summed E-state index contributed by atoms with van der Waals surface area (Å²) in [6.45, 7) is 7.23. The number of hydrogen-bond acceptors (Lipinski definition) is 3. The van der Waals surface area contributed by atoms with Crippen LogP contribution in [0.5, 0.6) is 5.75 Å². The van der Waals surface area contributed by atoms with Crippen LogP contribution in [0.4, 0.5) is 0 Å². The van der Waals surface area contributed by atoms with E-state index in [1.165, 1.54) is 5.56 Å². The second kappa shape index (κ2) is 6.27. The lowest BCUT2D eigenvalue weighted by Crippen LogP contribution is -2.38. The molecule has 0 saturated heterocycles. The van der Waals surface area contributed by atoms with Gasteiger partial charge in [-0.15, -0.1) is 0 Å². The minimum atomic E-state index is -0.453. The van der Waals surface area contributed by atoms with Gasteiger partial charge in [0.25, 0.3) is 0 Å². The minimum Gasteiger partial charge on any atom is -0.494 e. The zero-order valence-corrected chi connectivity index (χ0v) is 10.8. The monoisotopic (exact) mass is 232 g/mol. The topological polar surface area (TPSA) is 45.0 Å². The van der Waals surface area contributed by atoms with E-state index in [1.54, 1.807) is 0 Å². The molecule has 0 saturated carbocycles. The molecule has 0 aliphatic carbocycles. The molecule has 92 valence electrons. The molecule has 3 nitrogen and oxygen atoms in total. The number of nitrogens with zero attached hydrogens (tertiary/aromatic N) is 1. The summed E-state index contributed by atoms with van der Waals surface area (Å²) in [5.41, 5.74) is 0.792. The van der Waals surface area contributed by atoms with E-state index in [0.29, 0.717) is 6.61 Å². The Hall–Kier alpha value is -1.53. The van der Waals surface area contributed by atoms with Crippen molar-refractivity contribution in [2.45, 2.75) is 32.7 Å². The van der Waals surface area contributed by atoms with Crippen LogP contribution in [-0.2, 0) is 6.42 Å². The molecule has 0 amide bonds. The largest absolute Gasteiger partial charge is 0.494 e. The molecule has 0 spiro atoms. The Morgan fingerprint density at radius 3 is 2.47 bits per heavy atom. The molecule has 0 aliphatic rings. The van der Waals surface area contributed by atoms with Crippen molar-refractivity contribution in [2.75, 3.05) is 13.2 Å². The second-order valence-electron chi connectivity index (χ2n) is 4.49. The number of nitriles is 1. The predicted molar refractivity (Wildman–Crippen MR) is 69.0 cm³/mol. The summed E-state index contributed by atoms with van der Waals surface area (Å²) in [6, 6.07) is 10.3. The van der Waals surface area contributed by atoms with Crippen molar-refractivity contribution in [3.05, 3.63) is 29.8 Å². The lowest BCUT2D eigenvalue weighted by Gasteiger charge is -2.17. The van der Waals surface area contributed by atoms with Gasteiger partial charge in [0.2, 0.25) is 0 Å². The summed E-state index contributed by atoms with van der Waals surface area (Å²) >= 11 is 0. The normalized spacial score (nSPS) is 10.9. The fourth-order valence-corrected chi connectivity index (χ4v) is 1.48. The van der Waals surface area contributed by atoms with E-state index in [-0.39, 0.29) is 0 Å². The summed E-state index contributed by atoms with van der Waals surface area (Å²) in [4.78, 5) is 0. The second-order valence-corrected chi connectivity index (χ2v) is 4.49. The Labute approximate surface area is 103 Å². The Morgan fingerprint density at radius 2 is 1.94 bits per heavy atom. The van der Waals surface area contributed by atoms with Crippen LogP contribution < -0.4 is 10.1 Å². The fraction of sp³-hybridized carbons (Fsp3) is 0.500. The van der Waals surface area contributed by atoms with Gasteiger partial charge in [-0.05, 0) is 44.9 Å². The molecule has 0 radical (unpaired) electrons. The van der Waals surface area contributed by atoms with Gasteiger partial charge in [0.05, 0.1) is 12.7 Å². The van der Waals surface area contributed by atoms with Crippen LogP contribution in [0.3, 0.4) is 0 Å². The Kier molecular flexibility index (Phi) is 4.99. The van der Waals surface area contributed by atoms with Gasteiger partial charge in [0.1, 0.15) is 11.3 Å². The van der Waals surface area contributed by atoms with Gasteiger partial charge in [0.15, 0.2) is 0 Å². The first-order valence-electron chi connectivity index (χ1n) is 5.95. The van der Waals surface area contributed by atoms with Crippen LogP contribution in [0, 0.1) is 11.3 Å². The molecule has 0 unspecified atom stereocenters. The third kappa shape index (κ3) is 4.88. The predicted octanol–water partition coefficient (Wildman–Crippen LogP) is 2.52. The van der Waals surface area contributed by atoms with Gasteiger partial charge < -0.3 is 4.74 Å². The first kappa shape index (κ1) is 13.5. The van der Waals surface area contributed by atoms with E-state index in [9.17, 15) is 0 Å². The van der Waals surface area contributed by atoms with E-state index in [0.717, 1.165) is 18.7 Å². The molecule has 0 atom stereocenters. The van der Waals surface area contributed by atoms with Crippen molar-refractivity contribution in [3.8, 4) is 11.8 Å². The Morgan fingerprint density at radius 1 is 1.29 bits per heavy atom. The number of nitrogens with one attached hydrogen (secondary N) is 1. The maximum Gasteiger partial charge on any atom is 0.119 e. The van der Waals surface area contributed by atoms with Gasteiger partial charge in [-0.25, -0.2) is 0 Å². The fourth-order valence-electron chi connectivity index (χ4n) is 1.48. The van der Waals surface area contributed by atoms with Crippen molar-refractivity contribution in [3.63, 3.8) is 0 Å². The van der Waals surface area contributed by atoms with Gasteiger partial charge >= 0.3 is 0 Å². The van der Waals surface area contributed by atoms with E-state index in [1.807, 2.05) is 32.9 Å². The molecule has 1 aromatic rings. The van der Waals surface area contributed by atoms with E-state index < -0.39 is 5.54 Å². The zero-order valence-electron chi connectivity index (χ0n) is 10.8. The SMILES string of the molecule is CCOc1ccc(CCNC(C)(C)C#N)cc1. The van der Waals surface area contributed by atoms with E-state index in [2.05, 4.69) is 23.5 Å².